The minimum absolute atomic E-state index is 0.00497. The number of hydrogen-bond acceptors (Lipinski definition) is 4. The van der Waals surface area contributed by atoms with Crippen molar-refractivity contribution in [3.63, 3.8) is 0 Å². The molecular weight excluding hydrogens is 414 g/mol. The Labute approximate surface area is 196 Å². The van der Waals surface area contributed by atoms with Crippen molar-refractivity contribution in [2.45, 2.75) is 40.3 Å². The third-order valence-electron chi connectivity index (χ3n) is 5.89. The molecule has 0 bridgehead atoms. The van der Waals surface area contributed by atoms with Crippen molar-refractivity contribution in [1.82, 2.24) is 4.90 Å². The predicted molar refractivity (Wildman–Crippen MR) is 133 cm³/mol. The molecule has 0 aliphatic rings. The molecule has 0 unspecified atom stereocenters. The number of amides is 2. The highest BCUT2D eigenvalue weighted by atomic mass is 16.3. The van der Waals surface area contributed by atoms with E-state index < -0.39 is 0 Å². The van der Waals surface area contributed by atoms with Crippen molar-refractivity contribution in [3.05, 3.63) is 83.3 Å². The van der Waals surface area contributed by atoms with E-state index in [0.717, 1.165) is 16.8 Å². The lowest BCUT2D eigenvalue weighted by Gasteiger charge is -2.33. The quantitative estimate of drug-likeness (QED) is 0.489. The smallest absolute Gasteiger partial charge is 0.291 e. The lowest BCUT2D eigenvalue weighted by molar-refractivity contribution is 0.0628. The largest absolute Gasteiger partial charge is 0.459 e. The van der Waals surface area contributed by atoms with E-state index >= 15 is 0 Å². The molecule has 2 aromatic carbocycles. The molecule has 0 spiro atoms. The van der Waals surface area contributed by atoms with Gasteiger partial charge in [-0.25, -0.2) is 0 Å². The Morgan fingerprint density at radius 2 is 1.76 bits per heavy atom. The molecule has 0 saturated heterocycles. The molecule has 0 fully saturated rings. The summed E-state index contributed by atoms with van der Waals surface area (Å²) in [4.78, 5) is 30.0. The standard InChI is InChI=1S/C27H33N3O3/c1-18(2)20(4)30(27(32)21-10-7-9-19(3)15-21)17-22-16-23(12-13-24(22)29(5)6)28-26(31)25-11-8-14-33-25/h7-16,18,20H,17H2,1-6H3,(H,28,31)/t20-/m0/s1. The van der Waals surface area contributed by atoms with Crippen LogP contribution >= 0.6 is 0 Å². The molecular formula is C27H33N3O3. The summed E-state index contributed by atoms with van der Waals surface area (Å²) in [7, 11) is 3.94. The van der Waals surface area contributed by atoms with E-state index in [1.807, 2.05) is 73.3 Å². The summed E-state index contributed by atoms with van der Waals surface area (Å²) in [6.07, 6.45) is 1.47. The van der Waals surface area contributed by atoms with Gasteiger partial charge in [-0.3, -0.25) is 9.59 Å². The maximum absolute atomic E-state index is 13.6. The maximum Gasteiger partial charge on any atom is 0.291 e. The average Bonchev–Trinajstić information content (AvgIpc) is 3.31. The molecule has 1 heterocycles. The molecule has 174 valence electrons. The van der Waals surface area contributed by atoms with E-state index in [1.54, 1.807) is 12.1 Å². The highest BCUT2D eigenvalue weighted by molar-refractivity contribution is 6.02. The van der Waals surface area contributed by atoms with Gasteiger partial charge in [0, 0.05) is 43.6 Å². The maximum atomic E-state index is 13.6. The average molecular weight is 448 g/mol. The number of rotatable bonds is 8. The minimum Gasteiger partial charge on any atom is -0.459 e. The van der Waals surface area contributed by atoms with Gasteiger partial charge in [-0.2, -0.15) is 0 Å². The van der Waals surface area contributed by atoms with E-state index in [2.05, 4.69) is 26.1 Å². The molecule has 6 nitrogen and oxygen atoms in total. The Hall–Kier alpha value is -3.54. The summed E-state index contributed by atoms with van der Waals surface area (Å²) < 4.78 is 5.20. The molecule has 33 heavy (non-hydrogen) atoms. The van der Waals surface area contributed by atoms with Gasteiger partial charge in [0.05, 0.1) is 6.26 Å². The summed E-state index contributed by atoms with van der Waals surface area (Å²) in [5, 5.41) is 2.89. The number of carbonyl (C=O) groups excluding carboxylic acids is 2. The fourth-order valence-electron chi connectivity index (χ4n) is 3.71. The molecule has 0 aliphatic carbocycles. The van der Waals surface area contributed by atoms with Gasteiger partial charge in [-0.1, -0.05) is 31.5 Å². The van der Waals surface area contributed by atoms with Crippen LogP contribution in [-0.2, 0) is 6.54 Å². The third-order valence-corrected chi connectivity index (χ3v) is 5.89. The molecule has 1 atom stereocenters. The Balaban J connectivity index is 1.96. The molecule has 0 radical (unpaired) electrons. The van der Waals surface area contributed by atoms with Crippen LogP contribution in [0, 0.1) is 12.8 Å². The highest BCUT2D eigenvalue weighted by Crippen LogP contribution is 2.27. The van der Waals surface area contributed by atoms with Gasteiger partial charge in [0.15, 0.2) is 5.76 Å². The molecule has 0 saturated carbocycles. The first-order chi connectivity index (χ1) is 15.7. The number of furan rings is 1. The first kappa shape index (κ1) is 24.1. The number of benzene rings is 2. The predicted octanol–water partition coefficient (Wildman–Crippen LogP) is 5.59. The zero-order chi connectivity index (χ0) is 24.1. The highest BCUT2D eigenvalue weighted by Gasteiger charge is 2.25. The Bertz CT molecular complexity index is 1100. The van der Waals surface area contributed by atoms with Gasteiger partial charge in [0.2, 0.25) is 0 Å². The number of anilines is 2. The molecule has 1 N–H and O–H groups in total. The SMILES string of the molecule is Cc1cccc(C(=O)N(Cc2cc(NC(=O)c3ccco3)ccc2N(C)C)[C@@H](C)C(C)C)c1. The second-order valence-corrected chi connectivity index (χ2v) is 8.96. The topological polar surface area (TPSA) is 65.8 Å². The molecule has 0 aliphatic heterocycles. The van der Waals surface area contributed by atoms with Crippen molar-refractivity contribution in [3.8, 4) is 0 Å². The van der Waals surface area contributed by atoms with Gasteiger partial charge in [-0.05, 0) is 67.8 Å². The van der Waals surface area contributed by atoms with Gasteiger partial charge in [0.1, 0.15) is 0 Å². The Morgan fingerprint density at radius 3 is 2.36 bits per heavy atom. The van der Waals surface area contributed by atoms with Crippen LogP contribution in [0.25, 0.3) is 0 Å². The van der Waals surface area contributed by atoms with Crippen LogP contribution in [0.3, 0.4) is 0 Å². The van der Waals surface area contributed by atoms with Crippen LogP contribution < -0.4 is 10.2 Å². The van der Waals surface area contributed by atoms with Gasteiger partial charge < -0.3 is 19.5 Å². The number of nitrogens with zero attached hydrogens (tertiary/aromatic N) is 2. The minimum atomic E-state index is -0.313. The van der Waals surface area contributed by atoms with E-state index in [-0.39, 0.29) is 29.5 Å². The van der Waals surface area contributed by atoms with Crippen molar-refractivity contribution in [2.24, 2.45) is 5.92 Å². The van der Waals surface area contributed by atoms with E-state index in [1.165, 1.54) is 6.26 Å². The van der Waals surface area contributed by atoms with Gasteiger partial charge >= 0.3 is 0 Å². The van der Waals surface area contributed by atoms with Gasteiger partial charge in [0.25, 0.3) is 11.8 Å². The van der Waals surface area contributed by atoms with Crippen LogP contribution in [0.2, 0.25) is 0 Å². The summed E-state index contributed by atoms with van der Waals surface area (Å²) in [5.41, 5.74) is 4.32. The second kappa shape index (κ2) is 10.4. The summed E-state index contributed by atoms with van der Waals surface area (Å²) in [6.45, 7) is 8.73. The fourth-order valence-corrected chi connectivity index (χ4v) is 3.71. The summed E-state index contributed by atoms with van der Waals surface area (Å²) >= 11 is 0. The first-order valence-corrected chi connectivity index (χ1v) is 11.2. The lowest BCUT2D eigenvalue weighted by atomic mass is 10.0. The van der Waals surface area contributed by atoms with Gasteiger partial charge in [-0.15, -0.1) is 0 Å². The van der Waals surface area contributed by atoms with Crippen LogP contribution in [0.5, 0.6) is 0 Å². The molecule has 2 amide bonds. The van der Waals surface area contributed by atoms with Crippen LogP contribution in [0.15, 0.2) is 65.3 Å². The zero-order valence-corrected chi connectivity index (χ0v) is 20.3. The van der Waals surface area contributed by atoms with Crippen LogP contribution in [0.4, 0.5) is 11.4 Å². The molecule has 6 heteroatoms. The first-order valence-electron chi connectivity index (χ1n) is 11.2. The molecule has 3 rings (SSSR count). The van der Waals surface area contributed by atoms with Crippen LogP contribution in [0.1, 0.15) is 52.8 Å². The number of aryl methyl sites for hydroxylation is 1. The Kier molecular flexibility index (Phi) is 7.59. The van der Waals surface area contributed by atoms with E-state index in [0.29, 0.717) is 17.8 Å². The summed E-state index contributed by atoms with van der Waals surface area (Å²) in [5.74, 6) is 0.211. The fraction of sp³-hybridized carbons (Fsp3) is 0.333. The third kappa shape index (κ3) is 5.83. The monoisotopic (exact) mass is 447 g/mol. The zero-order valence-electron chi connectivity index (χ0n) is 20.3. The van der Waals surface area contributed by atoms with Crippen molar-refractivity contribution in [1.29, 1.82) is 0 Å². The Morgan fingerprint density at radius 1 is 1.00 bits per heavy atom. The van der Waals surface area contributed by atoms with E-state index in [4.69, 9.17) is 4.42 Å². The second-order valence-electron chi connectivity index (χ2n) is 8.96. The number of hydrogen-bond donors (Lipinski definition) is 1. The summed E-state index contributed by atoms with van der Waals surface area (Å²) in [6, 6.07) is 16.8. The molecule has 1 aromatic heterocycles. The molecule has 3 aromatic rings. The number of carbonyl (C=O) groups is 2. The van der Waals surface area contributed by atoms with Crippen LogP contribution in [-0.4, -0.2) is 36.9 Å². The number of nitrogens with one attached hydrogen (secondary N) is 1. The van der Waals surface area contributed by atoms with E-state index in [9.17, 15) is 9.59 Å². The normalized spacial score (nSPS) is 11.8. The van der Waals surface area contributed by atoms with Crippen molar-refractivity contribution < 1.29 is 14.0 Å². The van der Waals surface area contributed by atoms with Crippen molar-refractivity contribution >= 4 is 23.2 Å². The lowest BCUT2D eigenvalue weighted by Crippen LogP contribution is -2.41. The van der Waals surface area contributed by atoms with Crippen molar-refractivity contribution in [2.75, 3.05) is 24.3 Å².